The number of para-hydroxylation sites is 1. The lowest BCUT2D eigenvalue weighted by Gasteiger charge is -2.13. The van der Waals surface area contributed by atoms with Crippen molar-refractivity contribution in [2.45, 2.75) is 12.8 Å². The highest BCUT2D eigenvalue weighted by molar-refractivity contribution is 5.70. The van der Waals surface area contributed by atoms with Crippen LogP contribution in [-0.4, -0.2) is 24.9 Å². The first-order valence-electron chi connectivity index (χ1n) is 5.09. The molecule has 0 aromatic heterocycles. The minimum atomic E-state index is -0.969. The van der Waals surface area contributed by atoms with Crippen LogP contribution in [-0.2, 0) is 11.2 Å². The Balaban J connectivity index is 2.80. The maximum atomic E-state index is 12.2. The topological polar surface area (TPSA) is 46.5 Å². The van der Waals surface area contributed by atoms with Crippen molar-refractivity contribution in [3.63, 3.8) is 0 Å². The van der Waals surface area contributed by atoms with Gasteiger partial charge < -0.3 is 9.84 Å². The van der Waals surface area contributed by atoms with Gasteiger partial charge in [-0.1, -0.05) is 18.2 Å². The summed E-state index contributed by atoms with van der Waals surface area (Å²) >= 11 is 0. The lowest BCUT2D eigenvalue weighted by Crippen LogP contribution is -2.17. The number of halogens is 1. The Morgan fingerprint density at radius 3 is 2.75 bits per heavy atom. The van der Waals surface area contributed by atoms with Gasteiger partial charge in [0.15, 0.2) is 0 Å². The van der Waals surface area contributed by atoms with E-state index in [9.17, 15) is 9.18 Å². The summed E-state index contributed by atoms with van der Waals surface area (Å²) in [6.07, 6.45) is 0.330. The van der Waals surface area contributed by atoms with Gasteiger partial charge in [-0.3, -0.25) is 9.18 Å². The molecule has 0 saturated carbocycles. The molecule has 0 saturated heterocycles. The van der Waals surface area contributed by atoms with Crippen LogP contribution in [0.5, 0.6) is 5.75 Å². The highest BCUT2D eigenvalue weighted by Crippen LogP contribution is 2.22. The molecule has 1 aromatic rings. The van der Waals surface area contributed by atoms with Crippen LogP contribution in [0.25, 0.3) is 0 Å². The molecule has 0 bridgehead atoms. The Labute approximate surface area is 93.9 Å². The molecule has 0 fully saturated rings. The molecule has 88 valence electrons. The molecule has 4 heteroatoms. The molecule has 1 aromatic carbocycles. The first kappa shape index (κ1) is 12.5. The van der Waals surface area contributed by atoms with Gasteiger partial charge in [0.1, 0.15) is 5.75 Å². The van der Waals surface area contributed by atoms with E-state index in [-0.39, 0.29) is 6.42 Å². The van der Waals surface area contributed by atoms with Crippen LogP contribution >= 0.6 is 0 Å². The molecule has 0 aliphatic rings. The van der Waals surface area contributed by atoms with E-state index in [2.05, 4.69) is 0 Å². The molecular weight excluding hydrogens is 211 g/mol. The second-order valence-electron chi connectivity index (χ2n) is 3.53. The van der Waals surface area contributed by atoms with Gasteiger partial charge in [0.25, 0.3) is 0 Å². The van der Waals surface area contributed by atoms with Gasteiger partial charge in [-0.25, -0.2) is 0 Å². The minimum absolute atomic E-state index is 0.0351. The third-order valence-corrected chi connectivity index (χ3v) is 2.47. The summed E-state index contributed by atoms with van der Waals surface area (Å²) in [5.41, 5.74) is 0.797. The van der Waals surface area contributed by atoms with Crippen LogP contribution in [0, 0.1) is 5.92 Å². The summed E-state index contributed by atoms with van der Waals surface area (Å²) < 4.78 is 17.3. The molecule has 1 atom stereocenters. The van der Waals surface area contributed by atoms with E-state index in [0.29, 0.717) is 12.2 Å². The Morgan fingerprint density at radius 1 is 1.50 bits per heavy atom. The zero-order valence-electron chi connectivity index (χ0n) is 9.15. The lowest BCUT2D eigenvalue weighted by atomic mass is 9.96. The van der Waals surface area contributed by atoms with Crippen LogP contribution in [0.4, 0.5) is 4.39 Å². The molecule has 0 heterocycles. The SMILES string of the molecule is COc1ccccc1CC(CCF)C(=O)O. The van der Waals surface area contributed by atoms with E-state index < -0.39 is 18.6 Å². The molecule has 16 heavy (non-hydrogen) atoms. The highest BCUT2D eigenvalue weighted by Gasteiger charge is 2.19. The fourth-order valence-electron chi connectivity index (χ4n) is 1.58. The van der Waals surface area contributed by atoms with Crippen molar-refractivity contribution in [2.75, 3.05) is 13.8 Å². The quantitative estimate of drug-likeness (QED) is 0.809. The van der Waals surface area contributed by atoms with E-state index in [1.165, 1.54) is 7.11 Å². The number of rotatable bonds is 6. The zero-order valence-corrected chi connectivity index (χ0v) is 9.15. The highest BCUT2D eigenvalue weighted by atomic mass is 19.1. The number of benzene rings is 1. The summed E-state index contributed by atoms with van der Waals surface area (Å²) in [4.78, 5) is 10.9. The fraction of sp³-hybridized carbons (Fsp3) is 0.417. The molecule has 0 aliphatic heterocycles. The number of carboxylic acids is 1. The molecular formula is C12H15FO3. The second kappa shape index (κ2) is 6.10. The van der Waals surface area contributed by atoms with Crippen LogP contribution in [0.1, 0.15) is 12.0 Å². The average molecular weight is 226 g/mol. The maximum Gasteiger partial charge on any atom is 0.306 e. The third-order valence-electron chi connectivity index (χ3n) is 2.47. The number of ether oxygens (including phenoxy) is 1. The predicted molar refractivity (Wildman–Crippen MR) is 58.4 cm³/mol. The number of alkyl halides is 1. The van der Waals surface area contributed by atoms with Crippen molar-refractivity contribution in [2.24, 2.45) is 5.92 Å². The van der Waals surface area contributed by atoms with E-state index >= 15 is 0 Å². The molecule has 0 spiro atoms. The van der Waals surface area contributed by atoms with Crippen LogP contribution in [0.3, 0.4) is 0 Å². The average Bonchev–Trinajstić information content (AvgIpc) is 2.29. The summed E-state index contributed by atoms with van der Waals surface area (Å²) in [6, 6.07) is 7.19. The van der Waals surface area contributed by atoms with E-state index in [4.69, 9.17) is 9.84 Å². The second-order valence-corrected chi connectivity index (χ2v) is 3.53. The number of methoxy groups -OCH3 is 1. The standard InChI is InChI=1S/C12H15FO3/c1-16-11-5-3-2-4-9(11)8-10(6-7-13)12(14)15/h2-5,10H,6-8H2,1H3,(H,14,15). The van der Waals surface area contributed by atoms with Crippen LogP contribution < -0.4 is 4.74 Å². The summed E-state index contributed by atoms with van der Waals surface area (Å²) in [5, 5.41) is 8.92. The van der Waals surface area contributed by atoms with Crippen LogP contribution in [0.2, 0.25) is 0 Å². The Kier molecular flexibility index (Phi) is 4.76. The summed E-state index contributed by atoms with van der Waals surface area (Å²) in [5.74, 6) is -1.02. The summed E-state index contributed by atoms with van der Waals surface area (Å²) in [6.45, 7) is -0.619. The normalized spacial score (nSPS) is 12.1. The number of carbonyl (C=O) groups is 1. The monoisotopic (exact) mass is 226 g/mol. The third kappa shape index (κ3) is 3.22. The molecule has 1 N–H and O–H groups in total. The van der Waals surface area contributed by atoms with Gasteiger partial charge in [-0.2, -0.15) is 0 Å². The Bertz CT molecular complexity index is 352. The molecule has 0 aliphatic carbocycles. The number of carboxylic acid groups (broad SMARTS) is 1. The smallest absolute Gasteiger partial charge is 0.306 e. The van der Waals surface area contributed by atoms with Crippen molar-refractivity contribution in [3.05, 3.63) is 29.8 Å². The fourth-order valence-corrected chi connectivity index (χ4v) is 1.58. The van der Waals surface area contributed by atoms with Crippen molar-refractivity contribution >= 4 is 5.97 Å². The Hall–Kier alpha value is -1.58. The predicted octanol–water partition coefficient (Wildman–Crippen LogP) is 2.30. The van der Waals surface area contributed by atoms with Gasteiger partial charge in [-0.05, 0) is 24.5 Å². The maximum absolute atomic E-state index is 12.2. The molecule has 1 unspecified atom stereocenters. The first-order chi connectivity index (χ1) is 7.69. The molecule has 1 rings (SSSR count). The van der Waals surface area contributed by atoms with Crippen molar-refractivity contribution in [3.8, 4) is 5.75 Å². The number of hydrogen-bond donors (Lipinski definition) is 1. The first-order valence-corrected chi connectivity index (χ1v) is 5.09. The Morgan fingerprint density at radius 2 is 2.19 bits per heavy atom. The molecule has 0 radical (unpaired) electrons. The van der Waals surface area contributed by atoms with Crippen molar-refractivity contribution in [1.29, 1.82) is 0 Å². The minimum Gasteiger partial charge on any atom is -0.496 e. The summed E-state index contributed by atoms with van der Waals surface area (Å²) in [7, 11) is 1.53. The van der Waals surface area contributed by atoms with Gasteiger partial charge in [0, 0.05) is 0 Å². The van der Waals surface area contributed by atoms with E-state index in [0.717, 1.165) is 5.56 Å². The van der Waals surface area contributed by atoms with Gasteiger partial charge in [-0.15, -0.1) is 0 Å². The van der Waals surface area contributed by atoms with Gasteiger partial charge in [0.2, 0.25) is 0 Å². The van der Waals surface area contributed by atoms with Crippen molar-refractivity contribution < 1.29 is 19.0 Å². The largest absolute Gasteiger partial charge is 0.496 e. The molecule has 3 nitrogen and oxygen atoms in total. The van der Waals surface area contributed by atoms with E-state index in [1.54, 1.807) is 12.1 Å². The zero-order chi connectivity index (χ0) is 12.0. The van der Waals surface area contributed by atoms with Crippen molar-refractivity contribution in [1.82, 2.24) is 0 Å². The van der Waals surface area contributed by atoms with Gasteiger partial charge in [0.05, 0.1) is 19.7 Å². The number of hydrogen-bond acceptors (Lipinski definition) is 2. The molecule has 0 amide bonds. The van der Waals surface area contributed by atoms with E-state index in [1.807, 2.05) is 12.1 Å². The van der Waals surface area contributed by atoms with Gasteiger partial charge >= 0.3 is 5.97 Å². The van der Waals surface area contributed by atoms with Crippen LogP contribution in [0.15, 0.2) is 24.3 Å². The number of aliphatic carboxylic acids is 1. The lowest BCUT2D eigenvalue weighted by molar-refractivity contribution is -0.142.